The Kier molecular flexibility index (Phi) is 4.11. The number of aromatic nitrogens is 4. The molecular weight excluding hydrogens is 403 g/mol. The molecule has 0 atom stereocenters. The van der Waals surface area contributed by atoms with Gasteiger partial charge in [0.2, 0.25) is 0 Å². The van der Waals surface area contributed by atoms with Gasteiger partial charge in [-0.15, -0.1) is 0 Å². The Labute approximate surface area is 158 Å². The molecule has 4 aromatic heterocycles. The van der Waals surface area contributed by atoms with Crippen LogP contribution in [0, 0.1) is 6.92 Å². The molecule has 0 bridgehead atoms. The largest absolute Gasteiger partial charge is 0.463 e. The number of carbonyl (C=O) groups is 1. The molecule has 0 saturated carbocycles. The quantitative estimate of drug-likeness (QED) is 0.542. The molecule has 8 nitrogen and oxygen atoms in total. The molecule has 12 heteroatoms. The van der Waals surface area contributed by atoms with Crippen LogP contribution in [0.25, 0.3) is 17.1 Å². The zero-order valence-corrected chi connectivity index (χ0v) is 14.7. The summed E-state index contributed by atoms with van der Waals surface area (Å²) >= 11 is 6.13. The van der Waals surface area contributed by atoms with Gasteiger partial charge in [-0.2, -0.15) is 18.3 Å². The molecule has 0 aliphatic heterocycles. The summed E-state index contributed by atoms with van der Waals surface area (Å²) in [7, 11) is 0. The molecule has 4 heterocycles. The molecule has 0 aliphatic carbocycles. The number of halogens is 4. The first kappa shape index (κ1) is 18.0. The topological polar surface area (TPSA) is 98.5 Å². The van der Waals surface area contributed by atoms with Crippen LogP contribution in [0.2, 0.25) is 5.02 Å². The van der Waals surface area contributed by atoms with Crippen molar-refractivity contribution in [1.82, 2.24) is 19.8 Å². The van der Waals surface area contributed by atoms with Crippen molar-refractivity contribution in [2.24, 2.45) is 0 Å². The van der Waals surface area contributed by atoms with Gasteiger partial charge in [0.05, 0.1) is 6.26 Å². The Hall–Kier alpha value is -3.34. The van der Waals surface area contributed by atoms with Crippen LogP contribution in [0.4, 0.5) is 19.0 Å². The van der Waals surface area contributed by atoms with Gasteiger partial charge in [-0.05, 0) is 25.1 Å². The van der Waals surface area contributed by atoms with Gasteiger partial charge < -0.3 is 14.3 Å². The Morgan fingerprint density at radius 1 is 1.32 bits per heavy atom. The van der Waals surface area contributed by atoms with Crippen LogP contribution < -0.4 is 5.32 Å². The van der Waals surface area contributed by atoms with E-state index in [4.69, 9.17) is 20.5 Å². The van der Waals surface area contributed by atoms with Gasteiger partial charge >= 0.3 is 6.18 Å². The van der Waals surface area contributed by atoms with E-state index in [1.807, 2.05) is 0 Å². The summed E-state index contributed by atoms with van der Waals surface area (Å²) in [6, 6.07) is 5.14. The molecule has 0 unspecified atom stereocenters. The van der Waals surface area contributed by atoms with E-state index in [2.05, 4.69) is 20.6 Å². The van der Waals surface area contributed by atoms with Crippen molar-refractivity contribution in [3.05, 3.63) is 52.7 Å². The number of anilines is 1. The van der Waals surface area contributed by atoms with E-state index in [9.17, 15) is 18.0 Å². The molecule has 0 spiro atoms. The maximum Gasteiger partial charge on any atom is 0.433 e. The van der Waals surface area contributed by atoms with Crippen molar-refractivity contribution < 1.29 is 26.9 Å². The minimum Gasteiger partial charge on any atom is -0.463 e. The molecular formula is C16H9ClF3N5O3. The van der Waals surface area contributed by atoms with E-state index < -0.39 is 23.5 Å². The van der Waals surface area contributed by atoms with Crippen molar-refractivity contribution in [2.75, 3.05) is 5.32 Å². The highest BCUT2D eigenvalue weighted by Crippen LogP contribution is 2.34. The second-order valence-electron chi connectivity index (χ2n) is 5.68. The summed E-state index contributed by atoms with van der Waals surface area (Å²) < 4.78 is 51.0. The number of hydrogen-bond donors (Lipinski definition) is 1. The first-order valence-electron chi connectivity index (χ1n) is 7.69. The molecule has 0 radical (unpaired) electrons. The average molecular weight is 412 g/mol. The van der Waals surface area contributed by atoms with Crippen LogP contribution in [0.1, 0.15) is 21.9 Å². The van der Waals surface area contributed by atoms with Crippen LogP contribution in [0.15, 0.2) is 39.5 Å². The number of amides is 1. The number of aryl methyl sites for hydroxylation is 1. The number of nitrogens with zero attached hydrogens (tertiary/aromatic N) is 4. The number of furan rings is 1. The first-order chi connectivity index (χ1) is 13.2. The summed E-state index contributed by atoms with van der Waals surface area (Å²) in [5, 5.41) is 9.28. The Balaban J connectivity index is 1.86. The van der Waals surface area contributed by atoms with Crippen LogP contribution in [-0.2, 0) is 6.18 Å². The first-order valence-corrected chi connectivity index (χ1v) is 8.07. The number of nitrogens with one attached hydrogen (secondary N) is 1. The van der Waals surface area contributed by atoms with Crippen LogP contribution in [0.5, 0.6) is 0 Å². The standard InChI is InChI=1S/C16H9ClF3N5O3/c1-7-5-11(24-28-7)22-15(26)13-12(17)14-21-8(9-3-2-4-27-9)6-10(16(18,19)20)25(14)23-13/h2-6H,1H3,(H,22,24,26). The molecule has 1 amide bonds. The maximum absolute atomic E-state index is 13.5. The van der Waals surface area contributed by atoms with Crippen LogP contribution >= 0.6 is 11.6 Å². The number of alkyl halides is 3. The molecule has 28 heavy (non-hydrogen) atoms. The molecule has 1 N–H and O–H groups in total. The molecule has 0 aliphatic rings. The summed E-state index contributed by atoms with van der Waals surface area (Å²) in [5.74, 6) is -0.262. The summed E-state index contributed by atoms with van der Waals surface area (Å²) in [6.07, 6.45) is -3.49. The summed E-state index contributed by atoms with van der Waals surface area (Å²) in [4.78, 5) is 16.5. The Morgan fingerprint density at radius 2 is 2.11 bits per heavy atom. The lowest BCUT2D eigenvalue weighted by atomic mass is 10.2. The smallest absolute Gasteiger partial charge is 0.433 e. The third-order valence-corrected chi connectivity index (χ3v) is 4.03. The predicted molar refractivity (Wildman–Crippen MR) is 89.9 cm³/mol. The molecule has 0 saturated heterocycles. The fourth-order valence-electron chi connectivity index (χ4n) is 2.49. The van der Waals surface area contributed by atoms with Crippen molar-refractivity contribution in [3.8, 4) is 11.5 Å². The van der Waals surface area contributed by atoms with Gasteiger partial charge in [-0.3, -0.25) is 4.79 Å². The number of carbonyl (C=O) groups excluding carboxylic acids is 1. The van der Waals surface area contributed by atoms with Gasteiger partial charge in [-0.1, -0.05) is 16.8 Å². The van der Waals surface area contributed by atoms with Crippen molar-refractivity contribution in [3.63, 3.8) is 0 Å². The van der Waals surface area contributed by atoms with Crippen LogP contribution in [-0.4, -0.2) is 25.7 Å². The lowest BCUT2D eigenvalue weighted by molar-refractivity contribution is -0.142. The predicted octanol–water partition coefficient (Wildman–Crippen LogP) is 4.21. The number of fused-ring (bicyclic) bond motifs is 1. The second kappa shape index (κ2) is 6.37. The number of rotatable bonds is 3. The lowest BCUT2D eigenvalue weighted by Crippen LogP contribution is -2.16. The second-order valence-corrected chi connectivity index (χ2v) is 6.05. The van der Waals surface area contributed by atoms with E-state index in [1.165, 1.54) is 24.5 Å². The molecule has 4 rings (SSSR count). The highest BCUT2D eigenvalue weighted by atomic mass is 35.5. The Bertz CT molecular complexity index is 1180. The Morgan fingerprint density at radius 3 is 2.71 bits per heavy atom. The van der Waals surface area contributed by atoms with Crippen molar-refractivity contribution >= 4 is 29.0 Å². The third kappa shape index (κ3) is 3.09. The van der Waals surface area contributed by atoms with Gasteiger partial charge in [0, 0.05) is 6.07 Å². The minimum absolute atomic E-state index is 0.0656. The van der Waals surface area contributed by atoms with Gasteiger partial charge in [-0.25, -0.2) is 9.50 Å². The molecule has 0 aromatic carbocycles. The van der Waals surface area contributed by atoms with Crippen molar-refractivity contribution in [1.29, 1.82) is 0 Å². The monoisotopic (exact) mass is 411 g/mol. The van der Waals surface area contributed by atoms with Crippen LogP contribution in [0.3, 0.4) is 0 Å². The summed E-state index contributed by atoms with van der Waals surface area (Å²) in [6.45, 7) is 1.61. The van der Waals surface area contributed by atoms with E-state index >= 15 is 0 Å². The van der Waals surface area contributed by atoms with E-state index in [0.29, 0.717) is 10.3 Å². The van der Waals surface area contributed by atoms with Gasteiger partial charge in [0.1, 0.15) is 16.5 Å². The third-order valence-electron chi connectivity index (χ3n) is 3.68. The number of hydrogen-bond acceptors (Lipinski definition) is 6. The zero-order valence-electron chi connectivity index (χ0n) is 13.9. The SMILES string of the molecule is Cc1cc(NC(=O)c2nn3c(C(F)(F)F)cc(-c4ccco4)nc3c2Cl)no1. The highest BCUT2D eigenvalue weighted by Gasteiger charge is 2.37. The summed E-state index contributed by atoms with van der Waals surface area (Å²) in [5.41, 5.74) is -2.06. The van der Waals surface area contributed by atoms with Gasteiger partial charge in [0.25, 0.3) is 5.91 Å². The average Bonchev–Trinajstić information content (AvgIpc) is 3.35. The van der Waals surface area contributed by atoms with Crippen molar-refractivity contribution in [2.45, 2.75) is 13.1 Å². The lowest BCUT2D eigenvalue weighted by Gasteiger charge is -2.09. The van der Waals surface area contributed by atoms with E-state index in [0.717, 1.165) is 6.07 Å². The van der Waals surface area contributed by atoms with E-state index in [1.54, 1.807) is 6.92 Å². The molecule has 4 aromatic rings. The zero-order chi connectivity index (χ0) is 20.1. The normalized spacial score (nSPS) is 11.9. The maximum atomic E-state index is 13.5. The highest BCUT2D eigenvalue weighted by molar-refractivity contribution is 6.37. The minimum atomic E-state index is -4.78. The fraction of sp³-hybridized carbons (Fsp3) is 0.125. The molecule has 0 fully saturated rings. The van der Waals surface area contributed by atoms with E-state index in [-0.39, 0.29) is 27.9 Å². The van der Waals surface area contributed by atoms with Gasteiger partial charge in [0.15, 0.2) is 28.6 Å². The fourth-order valence-corrected chi connectivity index (χ4v) is 2.74. The molecule has 144 valence electrons.